The van der Waals surface area contributed by atoms with Gasteiger partial charge in [-0.05, 0) is 54.2 Å². The predicted molar refractivity (Wildman–Crippen MR) is 94.7 cm³/mol. The second-order valence-corrected chi connectivity index (χ2v) is 7.92. The van der Waals surface area contributed by atoms with E-state index in [0.717, 1.165) is 5.56 Å². The third-order valence-corrected chi connectivity index (χ3v) is 6.83. The summed E-state index contributed by atoms with van der Waals surface area (Å²) in [7, 11) is 3.21. The molecule has 0 unspecified atom stereocenters. The van der Waals surface area contributed by atoms with Gasteiger partial charge in [-0.2, -0.15) is 0 Å². The topological polar surface area (TPSA) is 55.8 Å². The monoisotopic (exact) mass is 353 g/mol. The SMILES string of the molecule is COc1ccc(CCN2C(=O)[C@@H]3[C@H]4C=C[C@H]([C@@H]5C[C@H]45)[C@@H]3C2=O)cc1OC. The highest BCUT2D eigenvalue weighted by Gasteiger charge is 2.66. The summed E-state index contributed by atoms with van der Waals surface area (Å²) in [5.41, 5.74) is 1.03. The molecule has 4 aliphatic carbocycles. The van der Waals surface area contributed by atoms with Crippen LogP contribution in [0.4, 0.5) is 0 Å². The Morgan fingerprint density at radius 1 is 0.962 bits per heavy atom. The first-order valence-corrected chi connectivity index (χ1v) is 9.38. The number of ether oxygens (including phenoxy) is 2. The lowest BCUT2D eigenvalue weighted by molar-refractivity contribution is -0.140. The van der Waals surface area contributed by atoms with Crippen LogP contribution in [-0.4, -0.2) is 37.5 Å². The van der Waals surface area contributed by atoms with Crippen LogP contribution in [0.3, 0.4) is 0 Å². The number of methoxy groups -OCH3 is 2. The summed E-state index contributed by atoms with van der Waals surface area (Å²) >= 11 is 0. The number of likely N-dealkylation sites (tertiary alicyclic amines) is 1. The van der Waals surface area contributed by atoms with Crippen molar-refractivity contribution in [3.8, 4) is 11.5 Å². The van der Waals surface area contributed by atoms with Crippen molar-refractivity contribution >= 4 is 11.8 Å². The van der Waals surface area contributed by atoms with Gasteiger partial charge in [-0.1, -0.05) is 18.2 Å². The number of carbonyl (C=O) groups is 2. The Labute approximate surface area is 153 Å². The van der Waals surface area contributed by atoms with E-state index in [0.29, 0.717) is 36.3 Å². The predicted octanol–water partition coefficient (Wildman–Crippen LogP) is 2.30. The molecular formula is C21H23NO4. The van der Waals surface area contributed by atoms with Gasteiger partial charge >= 0.3 is 0 Å². The molecule has 0 radical (unpaired) electrons. The summed E-state index contributed by atoms with van der Waals surface area (Å²) in [5.74, 6) is 3.10. The minimum absolute atomic E-state index is 0.0465. The second-order valence-electron chi connectivity index (χ2n) is 7.92. The molecule has 2 bridgehead atoms. The average molecular weight is 353 g/mol. The van der Waals surface area contributed by atoms with Gasteiger partial charge in [-0.25, -0.2) is 0 Å². The molecule has 1 saturated heterocycles. The Kier molecular flexibility index (Phi) is 3.43. The fourth-order valence-corrected chi connectivity index (χ4v) is 5.52. The zero-order chi connectivity index (χ0) is 18.0. The highest BCUT2D eigenvalue weighted by molar-refractivity contribution is 6.06. The molecule has 26 heavy (non-hydrogen) atoms. The average Bonchev–Trinajstić information content (AvgIpc) is 3.45. The van der Waals surface area contributed by atoms with Gasteiger partial charge < -0.3 is 9.47 Å². The molecule has 2 amide bonds. The Morgan fingerprint density at radius 2 is 1.58 bits per heavy atom. The first-order chi connectivity index (χ1) is 12.6. The largest absolute Gasteiger partial charge is 0.493 e. The van der Waals surface area contributed by atoms with Crippen LogP contribution >= 0.6 is 0 Å². The molecule has 1 heterocycles. The van der Waals surface area contributed by atoms with Crippen LogP contribution in [-0.2, 0) is 16.0 Å². The molecule has 5 heteroatoms. The maximum absolute atomic E-state index is 13.0. The highest BCUT2D eigenvalue weighted by atomic mass is 16.5. The van der Waals surface area contributed by atoms with E-state index < -0.39 is 0 Å². The molecule has 5 aliphatic rings. The van der Waals surface area contributed by atoms with E-state index in [1.165, 1.54) is 11.3 Å². The first-order valence-electron chi connectivity index (χ1n) is 9.38. The molecule has 0 N–H and O–H groups in total. The van der Waals surface area contributed by atoms with Crippen molar-refractivity contribution in [1.29, 1.82) is 0 Å². The van der Waals surface area contributed by atoms with Crippen LogP contribution in [0.1, 0.15) is 12.0 Å². The highest BCUT2D eigenvalue weighted by Crippen LogP contribution is 2.65. The van der Waals surface area contributed by atoms with Crippen LogP contribution in [0.5, 0.6) is 11.5 Å². The van der Waals surface area contributed by atoms with E-state index in [1.54, 1.807) is 14.2 Å². The van der Waals surface area contributed by atoms with Crippen molar-refractivity contribution in [1.82, 2.24) is 4.90 Å². The maximum atomic E-state index is 13.0. The number of allylic oxidation sites excluding steroid dienone is 2. The molecule has 0 aromatic heterocycles. The molecule has 1 aromatic rings. The van der Waals surface area contributed by atoms with Crippen LogP contribution < -0.4 is 9.47 Å². The molecule has 3 fully saturated rings. The van der Waals surface area contributed by atoms with Gasteiger partial charge in [-0.3, -0.25) is 14.5 Å². The van der Waals surface area contributed by atoms with Gasteiger partial charge in [0, 0.05) is 6.54 Å². The summed E-state index contributed by atoms with van der Waals surface area (Å²) in [6.07, 6.45) is 6.25. The summed E-state index contributed by atoms with van der Waals surface area (Å²) in [5, 5.41) is 0. The van der Waals surface area contributed by atoms with E-state index in [-0.39, 0.29) is 35.5 Å². The standard InChI is InChI=1S/C21H23NO4/c1-25-16-6-3-11(9-17(16)26-2)7-8-22-20(23)18-12-4-5-13(15-10-14(12)15)19(18)21(22)24/h3-6,9,12-15,18-19H,7-8,10H2,1-2H3/t12-,13+,14+,15-,18+,19-. The summed E-state index contributed by atoms with van der Waals surface area (Å²) < 4.78 is 10.6. The molecule has 1 aromatic carbocycles. The van der Waals surface area contributed by atoms with Crippen molar-refractivity contribution in [2.24, 2.45) is 35.5 Å². The Bertz CT molecular complexity index is 780. The third-order valence-electron chi connectivity index (χ3n) is 6.83. The number of imide groups is 1. The normalized spacial score (nSPS) is 36.2. The molecule has 6 atom stereocenters. The molecule has 136 valence electrons. The quantitative estimate of drug-likeness (QED) is 0.602. The molecule has 1 aliphatic heterocycles. The molecule has 0 spiro atoms. The van der Waals surface area contributed by atoms with Crippen molar-refractivity contribution < 1.29 is 19.1 Å². The van der Waals surface area contributed by atoms with Crippen LogP contribution in [0.2, 0.25) is 0 Å². The van der Waals surface area contributed by atoms with Gasteiger partial charge in [0.2, 0.25) is 11.8 Å². The summed E-state index contributed by atoms with van der Waals surface area (Å²) in [6.45, 7) is 0.439. The van der Waals surface area contributed by atoms with Crippen molar-refractivity contribution in [2.75, 3.05) is 20.8 Å². The number of hydrogen-bond acceptors (Lipinski definition) is 4. The third kappa shape index (κ3) is 2.09. The van der Waals surface area contributed by atoms with Crippen molar-refractivity contribution in [2.45, 2.75) is 12.8 Å². The number of benzene rings is 1. The van der Waals surface area contributed by atoms with Crippen LogP contribution in [0, 0.1) is 35.5 Å². The second kappa shape index (κ2) is 5.60. The zero-order valence-electron chi connectivity index (χ0n) is 15.1. The minimum Gasteiger partial charge on any atom is -0.493 e. The van der Waals surface area contributed by atoms with E-state index in [9.17, 15) is 9.59 Å². The number of nitrogens with zero attached hydrogens (tertiary/aromatic N) is 1. The summed E-state index contributed by atoms with van der Waals surface area (Å²) in [4.78, 5) is 27.5. The van der Waals surface area contributed by atoms with Crippen LogP contribution in [0.25, 0.3) is 0 Å². The van der Waals surface area contributed by atoms with Gasteiger partial charge in [0.1, 0.15) is 0 Å². The van der Waals surface area contributed by atoms with Crippen LogP contribution in [0.15, 0.2) is 30.4 Å². The van der Waals surface area contributed by atoms with Gasteiger partial charge in [0.05, 0.1) is 26.1 Å². The van der Waals surface area contributed by atoms with Crippen molar-refractivity contribution in [3.05, 3.63) is 35.9 Å². The zero-order valence-corrected chi connectivity index (χ0v) is 15.1. The minimum atomic E-state index is -0.105. The number of carbonyl (C=O) groups excluding carboxylic acids is 2. The number of amides is 2. The fraction of sp³-hybridized carbons (Fsp3) is 0.524. The lowest BCUT2D eigenvalue weighted by Gasteiger charge is -2.37. The Hall–Kier alpha value is -2.30. The maximum Gasteiger partial charge on any atom is 0.233 e. The fourth-order valence-electron chi connectivity index (χ4n) is 5.52. The first kappa shape index (κ1) is 15.9. The Morgan fingerprint density at radius 3 is 2.15 bits per heavy atom. The van der Waals surface area contributed by atoms with E-state index >= 15 is 0 Å². The molecule has 6 rings (SSSR count). The van der Waals surface area contributed by atoms with Gasteiger partial charge in [-0.15, -0.1) is 0 Å². The van der Waals surface area contributed by atoms with E-state index in [2.05, 4.69) is 12.2 Å². The summed E-state index contributed by atoms with van der Waals surface area (Å²) in [6, 6.07) is 5.73. The molecular weight excluding hydrogens is 330 g/mol. The lowest BCUT2D eigenvalue weighted by atomic mass is 9.63. The van der Waals surface area contributed by atoms with E-state index in [1.807, 2.05) is 18.2 Å². The number of hydrogen-bond donors (Lipinski definition) is 0. The lowest BCUT2D eigenvalue weighted by Crippen LogP contribution is -2.40. The number of rotatable bonds is 5. The smallest absolute Gasteiger partial charge is 0.233 e. The van der Waals surface area contributed by atoms with Gasteiger partial charge in [0.15, 0.2) is 11.5 Å². The molecule has 2 saturated carbocycles. The van der Waals surface area contributed by atoms with Crippen molar-refractivity contribution in [3.63, 3.8) is 0 Å². The Balaban J connectivity index is 1.33. The van der Waals surface area contributed by atoms with E-state index in [4.69, 9.17) is 9.47 Å². The molecule has 5 nitrogen and oxygen atoms in total. The van der Waals surface area contributed by atoms with Gasteiger partial charge in [0.25, 0.3) is 0 Å².